The van der Waals surface area contributed by atoms with Gasteiger partial charge in [0, 0.05) is 18.0 Å². The lowest BCUT2D eigenvalue weighted by atomic mass is 9.99. The second kappa shape index (κ2) is 6.91. The van der Waals surface area contributed by atoms with Crippen LogP contribution in [-0.2, 0) is 6.54 Å². The predicted molar refractivity (Wildman–Crippen MR) is 87.4 cm³/mol. The van der Waals surface area contributed by atoms with Crippen LogP contribution in [0.2, 0.25) is 0 Å². The van der Waals surface area contributed by atoms with Crippen molar-refractivity contribution in [2.75, 3.05) is 19.7 Å². The van der Waals surface area contributed by atoms with Crippen molar-refractivity contribution >= 4 is 11.3 Å². The van der Waals surface area contributed by atoms with Gasteiger partial charge in [0.05, 0.1) is 4.88 Å². The van der Waals surface area contributed by atoms with Gasteiger partial charge in [0.1, 0.15) is 6.61 Å². The SMILES string of the molecule is OCC#Cc1ccc(CN2CCC(c3ccccc3)C2)s1. The van der Waals surface area contributed by atoms with E-state index in [-0.39, 0.29) is 6.61 Å². The van der Waals surface area contributed by atoms with Gasteiger partial charge >= 0.3 is 0 Å². The first-order chi connectivity index (χ1) is 10.3. The summed E-state index contributed by atoms with van der Waals surface area (Å²) >= 11 is 1.73. The van der Waals surface area contributed by atoms with E-state index in [4.69, 9.17) is 5.11 Å². The van der Waals surface area contributed by atoms with Crippen molar-refractivity contribution in [2.24, 2.45) is 0 Å². The van der Waals surface area contributed by atoms with Gasteiger partial charge in [-0.3, -0.25) is 4.90 Å². The van der Waals surface area contributed by atoms with Gasteiger partial charge in [-0.25, -0.2) is 0 Å². The predicted octanol–water partition coefficient (Wildman–Crippen LogP) is 3.08. The third kappa shape index (κ3) is 3.74. The minimum atomic E-state index is -0.0713. The maximum atomic E-state index is 8.72. The molecule has 1 N–H and O–H groups in total. The smallest absolute Gasteiger partial charge is 0.104 e. The number of aliphatic hydroxyl groups is 1. The Morgan fingerprint density at radius 1 is 1.19 bits per heavy atom. The Morgan fingerprint density at radius 3 is 2.86 bits per heavy atom. The van der Waals surface area contributed by atoms with Crippen molar-refractivity contribution in [3.8, 4) is 11.8 Å². The average Bonchev–Trinajstić information content (AvgIpc) is 3.16. The minimum Gasteiger partial charge on any atom is -0.384 e. The van der Waals surface area contributed by atoms with Gasteiger partial charge in [-0.05, 0) is 36.6 Å². The fourth-order valence-electron chi connectivity index (χ4n) is 2.85. The van der Waals surface area contributed by atoms with Crippen LogP contribution in [-0.4, -0.2) is 29.7 Å². The molecule has 2 heterocycles. The summed E-state index contributed by atoms with van der Waals surface area (Å²) in [5.41, 5.74) is 1.46. The molecule has 1 aromatic carbocycles. The van der Waals surface area contributed by atoms with Crippen LogP contribution < -0.4 is 0 Å². The van der Waals surface area contributed by atoms with Crippen LogP contribution in [0.1, 0.15) is 27.7 Å². The molecule has 3 heteroatoms. The van der Waals surface area contributed by atoms with Crippen LogP contribution in [0.15, 0.2) is 42.5 Å². The van der Waals surface area contributed by atoms with E-state index in [1.165, 1.54) is 16.9 Å². The monoisotopic (exact) mass is 297 g/mol. The summed E-state index contributed by atoms with van der Waals surface area (Å²) in [5.74, 6) is 6.34. The van der Waals surface area contributed by atoms with Gasteiger partial charge in [0.25, 0.3) is 0 Å². The van der Waals surface area contributed by atoms with Crippen LogP contribution in [0.4, 0.5) is 0 Å². The van der Waals surface area contributed by atoms with E-state index < -0.39 is 0 Å². The van der Waals surface area contributed by atoms with E-state index >= 15 is 0 Å². The van der Waals surface area contributed by atoms with Gasteiger partial charge in [-0.15, -0.1) is 11.3 Å². The van der Waals surface area contributed by atoms with Crippen LogP contribution in [0.5, 0.6) is 0 Å². The Morgan fingerprint density at radius 2 is 2.05 bits per heavy atom. The van der Waals surface area contributed by atoms with Crippen LogP contribution in [0.3, 0.4) is 0 Å². The zero-order valence-corrected chi connectivity index (χ0v) is 12.8. The van der Waals surface area contributed by atoms with Crippen molar-refractivity contribution in [2.45, 2.75) is 18.9 Å². The number of nitrogens with zero attached hydrogens (tertiary/aromatic N) is 1. The fraction of sp³-hybridized carbons (Fsp3) is 0.333. The standard InChI is InChI=1S/C18H19NOS/c20-12-4-7-17-8-9-18(21-17)14-19-11-10-16(13-19)15-5-2-1-3-6-15/h1-3,5-6,8-9,16,20H,10-14H2. The molecule has 0 radical (unpaired) electrons. The molecule has 0 spiro atoms. The van der Waals surface area contributed by atoms with E-state index in [2.05, 4.69) is 53.1 Å². The summed E-state index contributed by atoms with van der Waals surface area (Å²) < 4.78 is 0. The molecule has 1 aliphatic rings. The van der Waals surface area contributed by atoms with Crippen molar-refractivity contribution < 1.29 is 5.11 Å². The molecule has 21 heavy (non-hydrogen) atoms. The lowest BCUT2D eigenvalue weighted by Gasteiger charge is -2.15. The van der Waals surface area contributed by atoms with E-state index in [1.54, 1.807) is 11.3 Å². The lowest BCUT2D eigenvalue weighted by Crippen LogP contribution is -2.19. The Balaban J connectivity index is 1.58. The molecule has 2 aromatic rings. The molecule has 1 aromatic heterocycles. The highest BCUT2D eigenvalue weighted by molar-refractivity contribution is 7.12. The van der Waals surface area contributed by atoms with Crippen molar-refractivity contribution in [1.29, 1.82) is 0 Å². The molecule has 1 unspecified atom stereocenters. The summed E-state index contributed by atoms with van der Waals surface area (Å²) in [4.78, 5) is 4.91. The third-order valence-corrected chi connectivity index (χ3v) is 4.86. The molecule has 108 valence electrons. The molecular formula is C18H19NOS. The second-order valence-corrected chi connectivity index (χ2v) is 6.53. The van der Waals surface area contributed by atoms with Crippen molar-refractivity contribution in [3.05, 3.63) is 57.8 Å². The maximum absolute atomic E-state index is 8.72. The number of aliphatic hydroxyl groups excluding tert-OH is 1. The molecular weight excluding hydrogens is 278 g/mol. The topological polar surface area (TPSA) is 23.5 Å². The van der Waals surface area contributed by atoms with Crippen LogP contribution >= 0.6 is 11.3 Å². The summed E-state index contributed by atoms with van der Waals surface area (Å²) in [6, 6.07) is 15.0. The summed E-state index contributed by atoms with van der Waals surface area (Å²) in [6.07, 6.45) is 1.24. The largest absolute Gasteiger partial charge is 0.384 e. The normalized spacial score (nSPS) is 18.4. The summed E-state index contributed by atoms with van der Waals surface area (Å²) in [5, 5.41) is 8.72. The second-order valence-electron chi connectivity index (χ2n) is 5.36. The first-order valence-electron chi connectivity index (χ1n) is 7.31. The van der Waals surface area contributed by atoms with Gasteiger partial charge < -0.3 is 5.11 Å². The number of benzene rings is 1. The molecule has 2 nitrogen and oxygen atoms in total. The number of rotatable bonds is 3. The number of thiophene rings is 1. The molecule has 0 aliphatic carbocycles. The zero-order chi connectivity index (χ0) is 14.5. The Kier molecular flexibility index (Phi) is 4.72. The lowest BCUT2D eigenvalue weighted by molar-refractivity contribution is 0.330. The highest BCUT2D eigenvalue weighted by Gasteiger charge is 2.23. The van der Waals surface area contributed by atoms with E-state index in [0.29, 0.717) is 5.92 Å². The maximum Gasteiger partial charge on any atom is 0.104 e. The number of likely N-dealkylation sites (tertiary alicyclic amines) is 1. The van der Waals surface area contributed by atoms with Gasteiger partial charge in [-0.2, -0.15) is 0 Å². The average molecular weight is 297 g/mol. The Hall–Kier alpha value is -1.60. The number of hydrogen-bond acceptors (Lipinski definition) is 3. The number of hydrogen-bond donors (Lipinski definition) is 1. The van der Waals surface area contributed by atoms with Gasteiger partial charge in [0.15, 0.2) is 0 Å². The Labute approximate surface area is 130 Å². The first-order valence-corrected chi connectivity index (χ1v) is 8.12. The third-order valence-electron chi connectivity index (χ3n) is 3.88. The van der Waals surface area contributed by atoms with Gasteiger partial charge in [-0.1, -0.05) is 42.2 Å². The summed E-state index contributed by atoms with van der Waals surface area (Å²) in [6.45, 7) is 3.24. The molecule has 1 fully saturated rings. The molecule has 3 rings (SSSR count). The quantitative estimate of drug-likeness (QED) is 0.880. The van der Waals surface area contributed by atoms with E-state index in [9.17, 15) is 0 Å². The van der Waals surface area contributed by atoms with Crippen molar-refractivity contribution in [1.82, 2.24) is 4.90 Å². The molecule has 1 saturated heterocycles. The van der Waals surface area contributed by atoms with Crippen LogP contribution in [0, 0.1) is 11.8 Å². The molecule has 0 amide bonds. The van der Waals surface area contributed by atoms with Crippen LogP contribution in [0.25, 0.3) is 0 Å². The fourth-order valence-corrected chi connectivity index (χ4v) is 3.78. The zero-order valence-electron chi connectivity index (χ0n) is 12.0. The minimum absolute atomic E-state index is 0.0713. The van der Waals surface area contributed by atoms with Crippen molar-refractivity contribution in [3.63, 3.8) is 0 Å². The highest BCUT2D eigenvalue weighted by atomic mass is 32.1. The molecule has 0 bridgehead atoms. The molecule has 1 aliphatic heterocycles. The molecule has 1 atom stereocenters. The van der Waals surface area contributed by atoms with E-state index in [0.717, 1.165) is 24.5 Å². The van der Waals surface area contributed by atoms with Gasteiger partial charge in [0.2, 0.25) is 0 Å². The molecule has 0 saturated carbocycles. The van der Waals surface area contributed by atoms with E-state index in [1.807, 2.05) is 6.07 Å². The first kappa shape index (κ1) is 14.3. The Bertz CT molecular complexity index is 638. The highest BCUT2D eigenvalue weighted by Crippen LogP contribution is 2.29. The summed E-state index contributed by atoms with van der Waals surface area (Å²) in [7, 11) is 0.